The van der Waals surface area contributed by atoms with Crippen molar-refractivity contribution in [3.05, 3.63) is 33.6 Å². The molecule has 2 aromatic heterocycles. The van der Waals surface area contributed by atoms with Crippen molar-refractivity contribution in [2.24, 2.45) is 0 Å². The highest BCUT2D eigenvalue weighted by molar-refractivity contribution is 5.79. The summed E-state index contributed by atoms with van der Waals surface area (Å²) in [6.07, 6.45) is -4.48. The quantitative estimate of drug-likeness (QED) is 0.234. The number of carboxylic acid groups (broad SMARTS) is 1. The molecule has 0 saturated carbocycles. The van der Waals surface area contributed by atoms with E-state index in [1.165, 1.54) is 4.57 Å². The molecule has 0 aliphatic heterocycles. The number of benzene rings is 1. The highest BCUT2D eigenvalue weighted by Gasteiger charge is 2.27. The van der Waals surface area contributed by atoms with Gasteiger partial charge in [-0.1, -0.05) is 6.92 Å². The van der Waals surface area contributed by atoms with Crippen LogP contribution in [0.1, 0.15) is 24.5 Å². The van der Waals surface area contributed by atoms with Gasteiger partial charge in [-0.3, -0.25) is 9.59 Å². The molecule has 33 heavy (non-hydrogen) atoms. The number of fused-ring (bicyclic) bond motifs is 1. The number of carbonyl (C=O) groups is 1. The van der Waals surface area contributed by atoms with Gasteiger partial charge in [0.05, 0.1) is 37.2 Å². The average molecular weight is 462 g/mol. The predicted octanol–water partition coefficient (Wildman–Crippen LogP) is -1.53. The van der Waals surface area contributed by atoms with Crippen LogP contribution in [0, 0.1) is 6.92 Å². The van der Waals surface area contributed by atoms with Gasteiger partial charge in [-0.25, -0.2) is 9.67 Å². The van der Waals surface area contributed by atoms with Gasteiger partial charge in [-0.05, 0) is 47.0 Å². The van der Waals surface area contributed by atoms with Gasteiger partial charge in [0.1, 0.15) is 18.3 Å². The molecule has 0 fully saturated rings. The molecular formula is C20H26N6O7. The van der Waals surface area contributed by atoms with E-state index in [0.29, 0.717) is 17.5 Å². The Morgan fingerprint density at radius 2 is 1.91 bits per heavy atom. The number of aliphatic hydroxyl groups excluding tert-OH is 4. The predicted molar refractivity (Wildman–Crippen MR) is 114 cm³/mol. The summed E-state index contributed by atoms with van der Waals surface area (Å²) < 4.78 is 2.35. The molecule has 178 valence electrons. The number of carboxylic acids is 1. The van der Waals surface area contributed by atoms with E-state index in [-0.39, 0.29) is 24.5 Å². The molecule has 5 N–H and O–H groups in total. The summed E-state index contributed by atoms with van der Waals surface area (Å²) in [6.45, 7) is 2.57. The molecule has 2 heterocycles. The van der Waals surface area contributed by atoms with Gasteiger partial charge < -0.3 is 30.1 Å². The summed E-state index contributed by atoms with van der Waals surface area (Å²) in [5, 5.41) is 59.3. The Bertz CT molecular complexity index is 1210. The lowest BCUT2D eigenvalue weighted by Crippen LogP contribution is -2.43. The van der Waals surface area contributed by atoms with Gasteiger partial charge in [-0.15, -0.1) is 5.10 Å². The first-order valence-electron chi connectivity index (χ1n) is 10.3. The van der Waals surface area contributed by atoms with Crippen molar-refractivity contribution in [3.8, 4) is 11.5 Å². The molecule has 1 aromatic carbocycles. The molecule has 0 amide bonds. The van der Waals surface area contributed by atoms with E-state index in [4.69, 9.17) is 10.2 Å². The Labute approximate surface area is 187 Å². The van der Waals surface area contributed by atoms with E-state index in [9.17, 15) is 24.9 Å². The average Bonchev–Trinajstić information content (AvgIpc) is 3.26. The van der Waals surface area contributed by atoms with Crippen LogP contribution in [0.3, 0.4) is 0 Å². The molecule has 0 spiro atoms. The number of hydrogen-bond donors (Lipinski definition) is 5. The van der Waals surface area contributed by atoms with Gasteiger partial charge in [0.25, 0.3) is 5.56 Å². The molecule has 3 rings (SSSR count). The Morgan fingerprint density at radius 1 is 1.18 bits per heavy atom. The first-order valence-corrected chi connectivity index (χ1v) is 10.3. The van der Waals surface area contributed by atoms with Gasteiger partial charge >= 0.3 is 5.97 Å². The number of hydrogen-bond acceptors (Lipinski definition) is 10. The summed E-state index contributed by atoms with van der Waals surface area (Å²) in [5.41, 5.74) is 1.82. The molecule has 0 radical (unpaired) electrons. The third-order valence-corrected chi connectivity index (χ3v) is 5.41. The summed E-state index contributed by atoms with van der Waals surface area (Å²) in [4.78, 5) is 28.8. The van der Waals surface area contributed by atoms with Crippen molar-refractivity contribution >= 4 is 17.0 Å². The van der Waals surface area contributed by atoms with Crippen LogP contribution in [0.5, 0.6) is 0 Å². The third kappa shape index (κ3) is 5.06. The summed E-state index contributed by atoms with van der Waals surface area (Å²) >= 11 is 0. The lowest BCUT2D eigenvalue weighted by Gasteiger charge is -2.23. The van der Waals surface area contributed by atoms with Gasteiger partial charge in [0.15, 0.2) is 5.69 Å². The first kappa shape index (κ1) is 24.4. The fraction of sp³-hybridized carbons (Fsp3) is 0.500. The number of aliphatic hydroxyl groups is 4. The van der Waals surface area contributed by atoms with Gasteiger partial charge in [-0.2, -0.15) is 0 Å². The fourth-order valence-electron chi connectivity index (χ4n) is 3.53. The van der Waals surface area contributed by atoms with Crippen molar-refractivity contribution in [1.82, 2.24) is 29.8 Å². The molecule has 0 aliphatic carbocycles. The van der Waals surface area contributed by atoms with Crippen molar-refractivity contribution in [3.63, 3.8) is 0 Å². The minimum Gasteiger partial charge on any atom is -0.481 e. The first-order chi connectivity index (χ1) is 15.7. The van der Waals surface area contributed by atoms with E-state index in [2.05, 4.69) is 20.5 Å². The lowest BCUT2D eigenvalue weighted by atomic mass is 10.0. The fourth-order valence-corrected chi connectivity index (χ4v) is 3.53. The Balaban J connectivity index is 2.19. The Kier molecular flexibility index (Phi) is 7.48. The number of aromatic nitrogens is 6. The number of tetrazole rings is 1. The van der Waals surface area contributed by atoms with Crippen LogP contribution in [-0.4, -0.2) is 86.2 Å². The summed E-state index contributed by atoms with van der Waals surface area (Å²) in [5.74, 6) is -1.11. The van der Waals surface area contributed by atoms with Crippen molar-refractivity contribution < 1.29 is 30.3 Å². The second-order valence-corrected chi connectivity index (χ2v) is 7.67. The summed E-state index contributed by atoms with van der Waals surface area (Å²) in [6, 6.07) is 3.53. The lowest BCUT2D eigenvalue weighted by molar-refractivity contribution is -0.137. The molecule has 0 aliphatic rings. The Hall–Kier alpha value is -3.26. The topological polar surface area (TPSA) is 197 Å². The maximum absolute atomic E-state index is 13.4. The zero-order valence-corrected chi connectivity index (χ0v) is 18.2. The van der Waals surface area contributed by atoms with Crippen LogP contribution in [-0.2, 0) is 24.3 Å². The maximum atomic E-state index is 13.4. The molecule has 0 saturated heterocycles. The highest BCUT2D eigenvalue weighted by Crippen LogP contribution is 2.21. The second kappa shape index (κ2) is 10.1. The van der Waals surface area contributed by atoms with E-state index in [1.54, 1.807) is 12.1 Å². The molecule has 13 nitrogen and oxygen atoms in total. The summed E-state index contributed by atoms with van der Waals surface area (Å²) in [7, 11) is 0. The van der Waals surface area contributed by atoms with E-state index in [0.717, 1.165) is 15.8 Å². The third-order valence-electron chi connectivity index (χ3n) is 5.41. The highest BCUT2D eigenvalue weighted by atomic mass is 16.4. The van der Waals surface area contributed by atoms with Crippen LogP contribution in [0.15, 0.2) is 16.9 Å². The minimum atomic E-state index is -1.70. The van der Waals surface area contributed by atoms with Crippen molar-refractivity contribution in [1.29, 1.82) is 0 Å². The van der Waals surface area contributed by atoms with Crippen LogP contribution < -0.4 is 5.56 Å². The van der Waals surface area contributed by atoms with Crippen LogP contribution in [0.4, 0.5) is 0 Å². The minimum absolute atomic E-state index is 0.0421. The van der Waals surface area contributed by atoms with Crippen molar-refractivity contribution in [2.45, 2.75) is 58.1 Å². The number of aryl methyl sites for hydroxylation is 3. The molecule has 0 unspecified atom stereocenters. The molecule has 3 atom stereocenters. The van der Waals surface area contributed by atoms with Gasteiger partial charge in [0, 0.05) is 0 Å². The smallest absolute Gasteiger partial charge is 0.305 e. The standard InChI is InChI=1S/C20H26N6O7/c1-3-11-7-13-12(6-10(11)2)21-17(19-22-23-24-26(19)5-4-16(30)31)20(33)25(13)8-14(28)18(32)15(29)9-27/h6-7,14-15,18,27-29,32H,3-5,8-9H2,1-2H3,(H,30,31)/t14-,15+,18-/m0/s1. The second-order valence-electron chi connectivity index (χ2n) is 7.67. The monoisotopic (exact) mass is 462 g/mol. The number of rotatable bonds is 10. The van der Waals surface area contributed by atoms with E-state index in [1.807, 2.05) is 13.8 Å². The van der Waals surface area contributed by atoms with Gasteiger partial charge in [0.2, 0.25) is 5.82 Å². The molecule has 0 bridgehead atoms. The Morgan fingerprint density at radius 3 is 2.55 bits per heavy atom. The SMILES string of the molecule is CCc1cc2c(cc1C)nc(-c1nnnn1CCC(=O)O)c(=O)n2C[C@H](O)[C@H](O)[C@H](O)CO. The zero-order chi connectivity index (χ0) is 24.3. The molecule has 3 aromatic rings. The number of nitrogens with zero attached hydrogens (tertiary/aromatic N) is 6. The normalized spacial score (nSPS) is 14.4. The largest absolute Gasteiger partial charge is 0.481 e. The van der Waals surface area contributed by atoms with Crippen LogP contribution in [0.2, 0.25) is 0 Å². The van der Waals surface area contributed by atoms with Crippen LogP contribution in [0.25, 0.3) is 22.6 Å². The molecule has 13 heteroatoms. The van der Waals surface area contributed by atoms with E-state index < -0.39 is 43.0 Å². The number of aliphatic carboxylic acids is 1. The van der Waals surface area contributed by atoms with E-state index >= 15 is 0 Å². The zero-order valence-electron chi connectivity index (χ0n) is 18.2. The molecular weight excluding hydrogens is 436 g/mol. The van der Waals surface area contributed by atoms with Crippen molar-refractivity contribution in [2.75, 3.05) is 6.61 Å². The van der Waals surface area contributed by atoms with Crippen LogP contribution >= 0.6 is 0 Å². The maximum Gasteiger partial charge on any atom is 0.305 e.